The molecule has 0 spiro atoms. The van der Waals surface area contributed by atoms with Gasteiger partial charge in [0.1, 0.15) is 0 Å². The molecule has 208 valence electrons. The Hall–Kier alpha value is -2.11. The van der Waals surface area contributed by atoms with Gasteiger partial charge >= 0.3 is 28.4 Å². The van der Waals surface area contributed by atoms with Crippen molar-refractivity contribution in [1.29, 1.82) is 0 Å². The van der Waals surface area contributed by atoms with Crippen molar-refractivity contribution >= 4 is 4.21 Å². The summed E-state index contributed by atoms with van der Waals surface area (Å²) in [5, 5.41) is 0. The largest absolute Gasteiger partial charge is 0.358 e. The first-order valence-electron chi connectivity index (χ1n) is 13.5. The molecule has 3 aromatic carbocycles. The van der Waals surface area contributed by atoms with Gasteiger partial charge in [-0.1, -0.05) is 103 Å². The minimum absolute atomic E-state index is 0. The molecular formula is C38H48Zr-4. The summed E-state index contributed by atoms with van der Waals surface area (Å²) in [6, 6.07) is 25.9. The van der Waals surface area contributed by atoms with E-state index < -0.39 is 0 Å². The quantitative estimate of drug-likeness (QED) is 0.177. The van der Waals surface area contributed by atoms with Crippen LogP contribution in [-0.4, -0.2) is 4.21 Å². The molecule has 0 radical (unpaired) electrons. The van der Waals surface area contributed by atoms with E-state index in [1.807, 2.05) is 24.3 Å². The third-order valence-corrected chi connectivity index (χ3v) is 6.95. The number of hydrogen-bond donors (Lipinski definition) is 0. The predicted molar refractivity (Wildman–Crippen MR) is 170 cm³/mol. The van der Waals surface area contributed by atoms with Crippen molar-refractivity contribution in [3.63, 3.8) is 0 Å². The van der Waals surface area contributed by atoms with E-state index in [2.05, 4.69) is 128 Å². The zero-order valence-corrected chi connectivity index (χ0v) is 28.7. The topological polar surface area (TPSA) is 0 Å². The first-order chi connectivity index (χ1) is 17.8. The van der Waals surface area contributed by atoms with Crippen molar-refractivity contribution in [2.24, 2.45) is 5.92 Å². The maximum absolute atomic E-state index is 3.53. The molecule has 2 aliphatic rings. The summed E-state index contributed by atoms with van der Waals surface area (Å²) in [4.78, 5) is 0. The smallest absolute Gasteiger partial charge is 0.358 e. The average Bonchev–Trinajstić information content (AvgIpc) is 3.37. The Balaban J connectivity index is 0.000000347. The van der Waals surface area contributed by atoms with E-state index in [9.17, 15) is 0 Å². The number of hydrogen-bond acceptors (Lipinski definition) is 0. The van der Waals surface area contributed by atoms with Gasteiger partial charge in [-0.2, -0.15) is 71.3 Å². The van der Waals surface area contributed by atoms with Gasteiger partial charge in [0, 0.05) is 0 Å². The Morgan fingerprint density at radius 2 is 1.38 bits per heavy atom. The molecule has 0 heterocycles. The van der Waals surface area contributed by atoms with Crippen molar-refractivity contribution in [3.8, 4) is 11.1 Å². The molecule has 0 nitrogen and oxygen atoms in total. The molecule has 1 heteroatoms. The van der Waals surface area contributed by atoms with E-state index in [0.29, 0.717) is 5.92 Å². The summed E-state index contributed by atoms with van der Waals surface area (Å²) in [6.45, 7) is 22.1. The summed E-state index contributed by atoms with van der Waals surface area (Å²) in [7, 11) is 0. The Labute approximate surface area is 256 Å². The molecule has 0 fully saturated rings. The molecule has 2 aliphatic carbocycles. The average molecular weight is 596 g/mol. The van der Waals surface area contributed by atoms with Crippen molar-refractivity contribution in [2.45, 2.75) is 86.5 Å². The van der Waals surface area contributed by atoms with Crippen LogP contribution in [0.25, 0.3) is 11.1 Å². The van der Waals surface area contributed by atoms with Crippen LogP contribution < -0.4 is 0 Å². The Bertz CT molecular complexity index is 1180. The number of fused-ring (bicyclic) bond motifs is 3. The maximum atomic E-state index is 3.53. The number of benzene rings is 3. The fourth-order valence-electron chi connectivity index (χ4n) is 4.45. The Morgan fingerprint density at radius 3 is 1.79 bits per heavy atom. The normalized spacial score (nSPS) is 14.8. The molecular weight excluding hydrogens is 548 g/mol. The van der Waals surface area contributed by atoms with Crippen molar-refractivity contribution in [1.82, 2.24) is 0 Å². The van der Waals surface area contributed by atoms with Crippen molar-refractivity contribution in [3.05, 3.63) is 125 Å². The third kappa shape index (κ3) is 10.1. The fraction of sp³-hybridized carbons (Fsp3) is 0.368. The van der Waals surface area contributed by atoms with Crippen LogP contribution in [-0.2, 0) is 41.5 Å². The summed E-state index contributed by atoms with van der Waals surface area (Å²) >= 11 is 1.30. The van der Waals surface area contributed by atoms with Crippen LogP contribution in [0.15, 0.2) is 71.8 Å². The van der Waals surface area contributed by atoms with E-state index in [1.165, 1.54) is 74.3 Å². The zero-order chi connectivity index (χ0) is 28.7. The molecule has 39 heavy (non-hydrogen) atoms. The van der Waals surface area contributed by atoms with Crippen LogP contribution in [0.3, 0.4) is 0 Å². The first kappa shape index (κ1) is 34.9. The number of rotatable bonds is 0. The molecule has 3 aromatic rings. The first-order valence-corrected chi connectivity index (χ1v) is 15.3. The van der Waals surface area contributed by atoms with Gasteiger partial charge < -0.3 is 7.43 Å². The molecule has 0 bridgehead atoms. The molecule has 0 aliphatic heterocycles. The monoisotopic (exact) mass is 594 g/mol. The van der Waals surface area contributed by atoms with E-state index in [0.717, 1.165) is 6.42 Å². The summed E-state index contributed by atoms with van der Waals surface area (Å²) in [5.41, 5.74) is 12.8. The Kier molecular flexibility index (Phi) is 13.5. The Morgan fingerprint density at radius 1 is 0.821 bits per heavy atom. The van der Waals surface area contributed by atoms with Gasteiger partial charge in [-0.15, -0.1) is 12.5 Å². The van der Waals surface area contributed by atoms with Gasteiger partial charge in [0.2, 0.25) is 0 Å². The molecule has 1 atom stereocenters. The molecule has 0 saturated heterocycles. The van der Waals surface area contributed by atoms with E-state index in [-0.39, 0.29) is 18.3 Å². The molecule has 1 unspecified atom stereocenters. The van der Waals surface area contributed by atoms with Gasteiger partial charge in [0.05, 0.1) is 0 Å². The second-order valence-corrected chi connectivity index (χ2v) is 12.3. The second kappa shape index (κ2) is 15.0. The number of aryl methyl sites for hydroxylation is 1. The van der Waals surface area contributed by atoms with Crippen molar-refractivity contribution < 1.29 is 24.2 Å². The third-order valence-electron chi connectivity index (χ3n) is 6.95. The fourth-order valence-corrected chi connectivity index (χ4v) is 4.45. The summed E-state index contributed by atoms with van der Waals surface area (Å²) in [6.07, 6.45) is 6.55. The van der Waals surface area contributed by atoms with Crippen LogP contribution in [0.2, 0.25) is 0 Å². The van der Waals surface area contributed by atoms with Gasteiger partial charge in [0.15, 0.2) is 0 Å². The maximum Gasteiger partial charge on any atom is -0.358 e. The van der Waals surface area contributed by atoms with Crippen LogP contribution in [0.1, 0.15) is 90.1 Å². The molecule has 0 amide bonds. The van der Waals surface area contributed by atoms with Crippen molar-refractivity contribution in [2.75, 3.05) is 0 Å². The van der Waals surface area contributed by atoms with Gasteiger partial charge in [0.25, 0.3) is 0 Å². The van der Waals surface area contributed by atoms with Crippen LogP contribution in [0.5, 0.6) is 0 Å². The summed E-state index contributed by atoms with van der Waals surface area (Å²) in [5.74, 6) is 0.551. The van der Waals surface area contributed by atoms with E-state index >= 15 is 0 Å². The molecule has 0 N–H and O–H groups in total. The molecule has 0 aromatic heterocycles. The standard InChI is InChI=1S/C21H25.C8H11.C7H7.CH3.CH2.Zr/c1-20(2,3)16-9-7-14-11-15-8-10-17(21(4,5)6)13-19(15)18(14)12-16;1-6-4-7(2)8(3)5-6;1-7-5-3-2-4-6-7;;;/h7,9-10,12-13H,11H2,1-6H3;4,6H,1-3H3;3-6H,1H3;1H3;1H2;/q4*-1;;. The zero-order valence-electron chi connectivity index (χ0n) is 26.3. The van der Waals surface area contributed by atoms with E-state index in [4.69, 9.17) is 0 Å². The van der Waals surface area contributed by atoms with Crippen LogP contribution in [0.4, 0.5) is 0 Å². The molecule has 0 saturated carbocycles. The van der Waals surface area contributed by atoms with Gasteiger partial charge in [-0.3, -0.25) is 6.08 Å². The second-order valence-electron chi connectivity index (χ2n) is 12.3. The van der Waals surface area contributed by atoms with Gasteiger partial charge in [-0.25, -0.2) is 11.1 Å². The SMILES string of the molecule is CC(C)(C)c1c[c-]c2c(c1)-c1cc(C(C)(C)C)ccc1C2.CC1=[C-]C(C)C=C1C.Cc1cc[c-]cc1.[CH2]=[Zr].[CH3-]. The summed E-state index contributed by atoms with van der Waals surface area (Å²) < 4.78 is 3.34. The minimum atomic E-state index is 0. The predicted octanol–water partition coefficient (Wildman–Crippen LogP) is 10.2. The number of allylic oxidation sites excluding steroid dienone is 4. The van der Waals surface area contributed by atoms with Gasteiger partial charge in [-0.05, 0) is 17.4 Å². The van der Waals surface area contributed by atoms with Crippen LogP contribution >= 0.6 is 0 Å². The minimum Gasteiger partial charge on any atom is -0.358 e. The molecule has 5 rings (SSSR count). The van der Waals surface area contributed by atoms with E-state index in [1.54, 1.807) is 0 Å². The van der Waals surface area contributed by atoms with Crippen LogP contribution in [0, 0.1) is 38.5 Å².